The van der Waals surface area contributed by atoms with Gasteiger partial charge in [0.2, 0.25) is 5.91 Å². The number of aromatic nitrogens is 4. The number of nitrogens with zero attached hydrogens (tertiary/aromatic N) is 4. The molecule has 1 fully saturated rings. The molecule has 2 heterocycles. The first-order chi connectivity index (χ1) is 18.9. The topological polar surface area (TPSA) is 112 Å². The highest BCUT2D eigenvalue weighted by Crippen LogP contribution is 2.45. The van der Waals surface area contributed by atoms with Crippen LogP contribution < -0.4 is 0 Å². The van der Waals surface area contributed by atoms with E-state index in [1.165, 1.54) is 0 Å². The zero-order chi connectivity index (χ0) is 27.4. The summed E-state index contributed by atoms with van der Waals surface area (Å²) in [4.78, 5) is 28.5. The van der Waals surface area contributed by atoms with E-state index in [4.69, 9.17) is 0 Å². The second-order valence-corrected chi connectivity index (χ2v) is 12.2. The molecule has 0 aliphatic heterocycles. The molecular formula is C29H32BrN5O3S. The van der Waals surface area contributed by atoms with Gasteiger partial charge in [-0.1, -0.05) is 62.9 Å². The minimum atomic E-state index is -0.847. The molecule has 1 aliphatic rings. The quantitative estimate of drug-likeness (QED) is 0.176. The number of halogens is 1. The van der Waals surface area contributed by atoms with Gasteiger partial charge in [0.05, 0.1) is 10.3 Å². The molecular weight excluding hydrogens is 578 g/mol. The summed E-state index contributed by atoms with van der Waals surface area (Å²) in [7, 11) is 0. The highest BCUT2D eigenvalue weighted by atomic mass is 79.9. The molecule has 0 bridgehead atoms. The lowest BCUT2D eigenvalue weighted by Crippen LogP contribution is -2.44. The van der Waals surface area contributed by atoms with Crippen LogP contribution in [-0.2, 0) is 16.1 Å². The molecule has 0 unspecified atom stereocenters. The molecule has 0 spiro atoms. The van der Waals surface area contributed by atoms with E-state index in [-0.39, 0.29) is 12.5 Å². The van der Waals surface area contributed by atoms with Gasteiger partial charge in [0.25, 0.3) is 0 Å². The fourth-order valence-electron chi connectivity index (χ4n) is 5.54. The Morgan fingerprint density at radius 1 is 1.13 bits per heavy atom. The van der Waals surface area contributed by atoms with Crippen molar-refractivity contribution in [1.82, 2.24) is 25.5 Å². The van der Waals surface area contributed by atoms with Gasteiger partial charge in [0.15, 0.2) is 5.82 Å². The number of carboxylic acids is 1. The van der Waals surface area contributed by atoms with Gasteiger partial charge in [0, 0.05) is 45.2 Å². The molecule has 1 saturated carbocycles. The highest BCUT2D eigenvalue weighted by molar-refractivity contribution is 9.10. The first-order valence-corrected chi connectivity index (χ1v) is 15.1. The van der Waals surface area contributed by atoms with Gasteiger partial charge >= 0.3 is 5.97 Å². The first kappa shape index (κ1) is 27.5. The van der Waals surface area contributed by atoms with Gasteiger partial charge in [-0.3, -0.25) is 9.59 Å². The van der Waals surface area contributed by atoms with Crippen molar-refractivity contribution >= 4 is 49.2 Å². The summed E-state index contributed by atoms with van der Waals surface area (Å²) in [5.41, 5.74) is 2.07. The van der Waals surface area contributed by atoms with Crippen molar-refractivity contribution in [2.24, 2.45) is 5.41 Å². The van der Waals surface area contributed by atoms with Crippen molar-refractivity contribution in [3.63, 3.8) is 0 Å². The van der Waals surface area contributed by atoms with Gasteiger partial charge < -0.3 is 10.0 Å². The van der Waals surface area contributed by atoms with Crippen LogP contribution >= 0.6 is 27.3 Å². The number of H-pyrrole nitrogens is 1. The van der Waals surface area contributed by atoms with Crippen molar-refractivity contribution in [1.29, 1.82) is 0 Å². The van der Waals surface area contributed by atoms with Crippen LogP contribution in [0.5, 0.6) is 0 Å². The fourth-order valence-corrected chi connectivity index (χ4v) is 7.57. The van der Waals surface area contributed by atoms with Gasteiger partial charge in [-0.25, -0.2) is 5.10 Å². The second-order valence-electron chi connectivity index (χ2n) is 10.4. The normalized spacial score (nSPS) is 14.6. The summed E-state index contributed by atoms with van der Waals surface area (Å²) < 4.78 is 2.09. The zero-order valence-corrected chi connectivity index (χ0v) is 24.4. The van der Waals surface area contributed by atoms with Crippen LogP contribution in [0.15, 0.2) is 46.9 Å². The third-order valence-corrected chi connectivity index (χ3v) is 9.98. The van der Waals surface area contributed by atoms with Crippen LogP contribution in [0.3, 0.4) is 0 Å². The molecule has 0 saturated heterocycles. The smallest absolute Gasteiger partial charge is 0.311 e. The number of benzene rings is 2. The van der Waals surface area contributed by atoms with Crippen LogP contribution in [0.2, 0.25) is 0 Å². The third-order valence-electron chi connectivity index (χ3n) is 7.69. The number of nitrogens with one attached hydrogen (secondary N) is 1. The number of hydrogen-bond acceptors (Lipinski definition) is 6. The minimum absolute atomic E-state index is 0.0377. The number of amides is 1. The Kier molecular flexibility index (Phi) is 8.42. The zero-order valence-electron chi connectivity index (χ0n) is 22.0. The molecule has 8 nitrogen and oxygen atoms in total. The van der Waals surface area contributed by atoms with Crippen molar-refractivity contribution in [3.05, 3.63) is 52.5 Å². The van der Waals surface area contributed by atoms with Crippen LogP contribution in [-0.4, -0.2) is 49.1 Å². The Labute approximate surface area is 239 Å². The van der Waals surface area contributed by atoms with Crippen molar-refractivity contribution in [2.75, 3.05) is 6.54 Å². The SMILES string of the molecule is CCCCCC(=O)N(Cc1ccc2sc(-c3ccccc3-c3nnn[nH]3)c(Br)c2c1)CC1(C(=O)O)CCCC1. The van der Waals surface area contributed by atoms with Crippen LogP contribution in [0, 0.1) is 5.41 Å². The maximum atomic E-state index is 13.4. The first-order valence-electron chi connectivity index (χ1n) is 13.5. The molecule has 2 aromatic carbocycles. The predicted molar refractivity (Wildman–Crippen MR) is 156 cm³/mol. The summed E-state index contributed by atoms with van der Waals surface area (Å²) in [6.45, 7) is 2.77. The Bertz CT molecular complexity index is 1460. The number of thiophene rings is 1. The molecule has 204 valence electrons. The minimum Gasteiger partial charge on any atom is -0.481 e. The van der Waals surface area contributed by atoms with E-state index in [2.05, 4.69) is 67.7 Å². The number of hydrogen-bond donors (Lipinski definition) is 2. The molecule has 1 amide bonds. The van der Waals surface area contributed by atoms with E-state index in [0.717, 1.165) is 68.2 Å². The Hall–Kier alpha value is -3.11. The molecule has 0 atom stereocenters. The molecule has 10 heteroatoms. The number of fused-ring (bicyclic) bond motifs is 1. The van der Waals surface area contributed by atoms with E-state index in [1.54, 1.807) is 16.2 Å². The number of aliphatic carboxylic acids is 1. The van der Waals surface area contributed by atoms with E-state index in [0.29, 0.717) is 31.6 Å². The Morgan fingerprint density at radius 2 is 1.90 bits per heavy atom. The van der Waals surface area contributed by atoms with E-state index in [1.807, 2.05) is 18.2 Å². The summed E-state index contributed by atoms with van der Waals surface area (Å²) in [5.74, 6) is -0.143. The van der Waals surface area contributed by atoms with Crippen LogP contribution in [0.25, 0.3) is 31.9 Å². The third kappa shape index (κ3) is 5.77. The number of aromatic amines is 1. The lowest BCUT2D eigenvalue weighted by Gasteiger charge is -2.32. The molecule has 5 rings (SSSR count). The number of carbonyl (C=O) groups excluding carboxylic acids is 1. The lowest BCUT2D eigenvalue weighted by atomic mass is 9.85. The Balaban J connectivity index is 1.46. The molecule has 1 aliphatic carbocycles. The van der Waals surface area contributed by atoms with Gasteiger partial charge in [-0.15, -0.1) is 16.4 Å². The largest absolute Gasteiger partial charge is 0.481 e. The van der Waals surface area contributed by atoms with E-state index in [9.17, 15) is 14.7 Å². The molecule has 0 radical (unpaired) electrons. The summed E-state index contributed by atoms with van der Waals surface area (Å²) in [6, 6.07) is 14.3. The van der Waals surface area contributed by atoms with Gasteiger partial charge in [0.1, 0.15) is 0 Å². The molecule has 2 N–H and O–H groups in total. The van der Waals surface area contributed by atoms with Crippen molar-refractivity contribution in [3.8, 4) is 21.8 Å². The van der Waals surface area contributed by atoms with E-state index < -0.39 is 11.4 Å². The lowest BCUT2D eigenvalue weighted by molar-refractivity contribution is -0.151. The van der Waals surface area contributed by atoms with E-state index >= 15 is 0 Å². The molecule has 2 aromatic heterocycles. The van der Waals surface area contributed by atoms with Gasteiger partial charge in [-0.05, 0) is 63.3 Å². The number of unbranched alkanes of at least 4 members (excludes halogenated alkanes) is 2. The average Bonchev–Trinajstić information content (AvgIpc) is 3.70. The highest BCUT2D eigenvalue weighted by Gasteiger charge is 2.43. The van der Waals surface area contributed by atoms with Crippen molar-refractivity contribution < 1.29 is 14.7 Å². The predicted octanol–water partition coefficient (Wildman–Crippen LogP) is 7.06. The standard InChI is InChI=1S/C29H32BrN5O3S/c1-2-3-4-11-24(36)35(18-29(28(37)38)14-7-8-15-29)17-19-12-13-23-22(16-19)25(30)26(39-23)20-9-5-6-10-21(20)27-31-33-34-32-27/h5-6,9-10,12-13,16H,2-4,7-8,11,14-15,17-18H2,1H3,(H,37,38)(H,31,32,33,34). The second kappa shape index (κ2) is 12.0. The summed E-state index contributed by atoms with van der Waals surface area (Å²) in [5, 5.41) is 25.6. The number of rotatable bonds is 11. The molecule has 39 heavy (non-hydrogen) atoms. The average molecular weight is 611 g/mol. The Morgan fingerprint density at radius 3 is 2.59 bits per heavy atom. The fraction of sp³-hybridized carbons (Fsp3) is 0.414. The van der Waals surface area contributed by atoms with Crippen LogP contribution in [0.4, 0.5) is 0 Å². The monoisotopic (exact) mass is 609 g/mol. The summed E-state index contributed by atoms with van der Waals surface area (Å²) in [6.07, 6.45) is 6.34. The van der Waals surface area contributed by atoms with Gasteiger partial charge in [-0.2, -0.15) is 0 Å². The number of carboxylic acid groups (broad SMARTS) is 1. The molecule has 4 aromatic rings. The summed E-state index contributed by atoms with van der Waals surface area (Å²) >= 11 is 5.52. The maximum absolute atomic E-state index is 13.4. The van der Waals surface area contributed by atoms with Crippen LogP contribution in [0.1, 0.15) is 63.9 Å². The number of carbonyl (C=O) groups is 2. The number of tetrazole rings is 1. The van der Waals surface area contributed by atoms with Crippen molar-refractivity contribution in [2.45, 2.75) is 64.8 Å². The maximum Gasteiger partial charge on any atom is 0.311 e.